The summed E-state index contributed by atoms with van der Waals surface area (Å²) in [6.45, 7) is 5.32. The maximum Gasteiger partial charge on any atom is 0.308 e. The van der Waals surface area contributed by atoms with Crippen LogP contribution in [-0.2, 0) is 4.79 Å². The summed E-state index contributed by atoms with van der Waals surface area (Å²) in [5, 5.41) is 22.4. The van der Waals surface area contributed by atoms with Crippen LogP contribution in [0.2, 0.25) is 0 Å². The number of nitro benzene ring substituents is 1. The van der Waals surface area contributed by atoms with Crippen LogP contribution in [0.1, 0.15) is 31.1 Å². The third-order valence-electron chi connectivity index (χ3n) is 2.77. The number of nitrogens with zero attached hydrogens (tertiary/aromatic N) is 1. The van der Waals surface area contributed by atoms with Crippen LogP contribution < -0.4 is 5.32 Å². The first-order valence-electron chi connectivity index (χ1n) is 6.68. The Hall–Kier alpha value is -2.09. The van der Waals surface area contributed by atoms with Gasteiger partial charge in [-0.2, -0.15) is 0 Å². The minimum atomic E-state index is -1.02. The van der Waals surface area contributed by atoms with Crippen molar-refractivity contribution >= 4 is 29.3 Å². The summed E-state index contributed by atoms with van der Waals surface area (Å²) in [5.74, 6) is -2.26. The predicted molar refractivity (Wildman–Crippen MR) is 83.2 cm³/mol. The molecule has 1 atom stereocenters. The summed E-state index contributed by atoms with van der Waals surface area (Å²) in [4.78, 5) is 33.9. The molecule has 0 aliphatic carbocycles. The number of carboxylic acid groups (broad SMARTS) is 1. The fraction of sp³-hybridized carbons (Fsp3) is 0.429. The number of carbonyl (C=O) groups excluding carboxylic acids is 1. The number of nitrogens with one attached hydrogen (secondary N) is 1. The largest absolute Gasteiger partial charge is 0.481 e. The van der Waals surface area contributed by atoms with Gasteiger partial charge in [0.05, 0.1) is 16.4 Å². The lowest BCUT2D eigenvalue weighted by atomic mass is 10.1. The zero-order chi connectivity index (χ0) is 16.9. The number of carboxylic acids is 1. The number of aliphatic carboxylic acids is 1. The van der Waals surface area contributed by atoms with Gasteiger partial charge in [0.1, 0.15) is 0 Å². The summed E-state index contributed by atoms with van der Waals surface area (Å²) in [6, 6.07) is 4.10. The van der Waals surface area contributed by atoms with E-state index in [1.165, 1.54) is 30.8 Å². The van der Waals surface area contributed by atoms with E-state index < -0.39 is 22.7 Å². The van der Waals surface area contributed by atoms with Gasteiger partial charge >= 0.3 is 5.97 Å². The molecule has 8 heteroatoms. The zero-order valence-electron chi connectivity index (χ0n) is 12.5. The van der Waals surface area contributed by atoms with Gasteiger partial charge in [-0.25, -0.2) is 0 Å². The minimum Gasteiger partial charge on any atom is -0.481 e. The molecular formula is C14H18N2O5S. The molecule has 0 bridgehead atoms. The number of thioether (sulfide) groups is 1. The van der Waals surface area contributed by atoms with Gasteiger partial charge < -0.3 is 10.4 Å². The molecule has 120 valence electrons. The van der Waals surface area contributed by atoms with Crippen LogP contribution >= 0.6 is 11.8 Å². The van der Waals surface area contributed by atoms with Crippen molar-refractivity contribution in [1.29, 1.82) is 0 Å². The van der Waals surface area contributed by atoms with E-state index >= 15 is 0 Å². The van der Waals surface area contributed by atoms with Gasteiger partial charge in [-0.3, -0.25) is 19.7 Å². The van der Waals surface area contributed by atoms with Crippen LogP contribution in [0.25, 0.3) is 0 Å². The van der Waals surface area contributed by atoms with Crippen molar-refractivity contribution in [3.8, 4) is 0 Å². The third kappa shape index (κ3) is 5.03. The van der Waals surface area contributed by atoms with Crippen molar-refractivity contribution in [2.24, 2.45) is 5.92 Å². The van der Waals surface area contributed by atoms with Gasteiger partial charge in [-0.05, 0) is 6.07 Å². The molecule has 0 aromatic heterocycles. The predicted octanol–water partition coefficient (Wildman–Crippen LogP) is 2.55. The maximum atomic E-state index is 12.2. The van der Waals surface area contributed by atoms with E-state index in [2.05, 4.69) is 5.32 Å². The van der Waals surface area contributed by atoms with Gasteiger partial charge in [0.2, 0.25) is 0 Å². The van der Waals surface area contributed by atoms with Gasteiger partial charge in [-0.15, -0.1) is 11.8 Å². The average molecular weight is 326 g/mol. The molecule has 1 aromatic carbocycles. The van der Waals surface area contributed by atoms with Crippen LogP contribution in [0.15, 0.2) is 23.1 Å². The van der Waals surface area contributed by atoms with E-state index in [-0.39, 0.29) is 23.0 Å². The van der Waals surface area contributed by atoms with E-state index in [4.69, 9.17) is 5.11 Å². The number of hydrogen-bond donors (Lipinski definition) is 2. The number of hydrogen-bond acceptors (Lipinski definition) is 5. The second kappa shape index (κ2) is 7.79. The number of nitro groups is 1. The second-order valence-electron chi connectivity index (χ2n) is 5.05. The molecule has 0 saturated carbocycles. The first-order chi connectivity index (χ1) is 10.2. The smallest absolute Gasteiger partial charge is 0.308 e. The molecule has 22 heavy (non-hydrogen) atoms. The Labute approximate surface area is 132 Å². The Kier molecular flexibility index (Phi) is 6.36. The highest BCUT2D eigenvalue weighted by molar-refractivity contribution is 8.00. The monoisotopic (exact) mass is 326 g/mol. The number of amides is 1. The number of rotatable bonds is 7. The molecule has 2 N–H and O–H groups in total. The van der Waals surface area contributed by atoms with Crippen molar-refractivity contribution in [3.63, 3.8) is 0 Å². The fourth-order valence-corrected chi connectivity index (χ4v) is 2.53. The van der Waals surface area contributed by atoms with Crippen molar-refractivity contribution in [1.82, 2.24) is 5.32 Å². The van der Waals surface area contributed by atoms with Crippen molar-refractivity contribution in [2.45, 2.75) is 30.9 Å². The van der Waals surface area contributed by atoms with E-state index in [0.29, 0.717) is 4.90 Å². The maximum absolute atomic E-state index is 12.2. The van der Waals surface area contributed by atoms with Gasteiger partial charge in [0, 0.05) is 28.8 Å². The molecule has 0 radical (unpaired) electrons. The Morgan fingerprint density at radius 2 is 2.00 bits per heavy atom. The van der Waals surface area contributed by atoms with E-state index in [1.807, 2.05) is 13.8 Å². The first kappa shape index (κ1) is 18.0. The topological polar surface area (TPSA) is 110 Å². The molecule has 1 unspecified atom stereocenters. The second-order valence-corrected chi connectivity index (χ2v) is 6.67. The molecule has 7 nitrogen and oxygen atoms in total. The molecule has 1 rings (SSSR count). The highest BCUT2D eigenvalue weighted by atomic mass is 32.2. The number of non-ortho nitro benzene ring substituents is 1. The molecule has 0 aliphatic heterocycles. The first-order valence-corrected chi connectivity index (χ1v) is 7.56. The summed E-state index contributed by atoms with van der Waals surface area (Å²) >= 11 is 1.41. The van der Waals surface area contributed by atoms with Crippen LogP contribution in [0, 0.1) is 16.0 Å². The van der Waals surface area contributed by atoms with Crippen LogP contribution in [0.4, 0.5) is 5.69 Å². The van der Waals surface area contributed by atoms with E-state index in [9.17, 15) is 19.7 Å². The standard InChI is InChI=1S/C14H18N2O5S/c1-8(2)22-12-5-4-10(16(20)21)6-11(12)13(17)15-7-9(3)14(18)19/h4-6,8-9H,7H2,1-3H3,(H,15,17)(H,18,19). The van der Waals surface area contributed by atoms with Crippen LogP contribution in [0.3, 0.4) is 0 Å². The normalized spacial score (nSPS) is 12.0. The molecular weight excluding hydrogens is 308 g/mol. The van der Waals surface area contributed by atoms with Gasteiger partial charge in [0.15, 0.2) is 0 Å². The van der Waals surface area contributed by atoms with Crippen molar-refractivity contribution in [3.05, 3.63) is 33.9 Å². The Morgan fingerprint density at radius 1 is 1.36 bits per heavy atom. The number of carbonyl (C=O) groups is 2. The molecule has 0 aliphatic rings. The van der Waals surface area contributed by atoms with E-state index in [0.717, 1.165) is 0 Å². The zero-order valence-corrected chi connectivity index (χ0v) is 13.3. The summed E-state index contributed by atoms with van der Waals surface area (Å²) in [5.41, 5.74) is 0.00929. The molecule has 0 saturated heterocycles. The highest BCUT2D eigenvalue weighted by Crippen LogP contribution is 2.29. The Bertz CT molecular complexity index is 589. The minimum absolute atomic E-state index is 0.0390. The third-order valence-corrected chi connectivity index (χ3v) is 3.85. The number of benzene rings is 1. The van der Waals surface area contributed by atoms with Crippen LogP contribution in [-0.4, -0.2) is 33.7 Å². The van der Waals surface area contributed by atoms with Gasteiger partial charge in [0.25, 0.3) is 11.6 Å². The summed E-state index contributed by atoms with van der Waals surface area (Å²) in [7, 11) is 0. The molecule has 1 amide bonds. The SMILES string of the molecule is CC(C)Sc1ccc([N+](=O)[O-])cc1C(=O)NCC(C)C(=O)O. The van der Waals surface area contributed by atoms with Crippen molar-refractivity contribution in [2.75, 3.05) is 6.54 Å². The van der Waals surface area contributed by atoms with Crippen molar-refractivity contribution < 1.29 is 19.6 Å². The average Bonchev–Trinajstić information content (AvgIpc) is 2.43. The lowest BCUT2D eigenvalue weighted by Crippen LogP contribution is -2.31. The lowest BCUT2D eigenvalue weighted by Gasteiger charge is -2.12. The summed E-state index contributed by atoms with van der Waals surface area (Å²) < 4.78 is 0. The Balaban J connectivity index is 3.01. The fourth-order valence-electron chi connectivity index (χ4n) is 1.59. The molecule has 1 aromatic rings. The molecule has 0 fully saturated rings. The highest BCUT2D eigenvalue weighted by Gasteiger charge is 2.19. The lowest BCUT2D eigenvalue weighted by molar-refractivity contribution is -0.384. The molecule has 0 heterocycles. The van der Waals surface area contributed by atoms with Gasteiger partial charge in [-0.1, -0.05) is 20.8 Å². The molecule has 0 spiro atoms. The van der Waals surface area contributed by atoms with E-state index in [1.54, 1.807) is 6.07 Å². The summed E-state index contributed by atoms with van der Waals surface area (Å²) in [6.07, 6.45) is 0. The Morgan fingerprint density at radius 3 is 2.50 bits per heavy atom. The quantitative estimate of drug-likeness (QED) is 0.453. The van der Waals surface area contributed by atoms with Crippen LogP contribution in [0.5, 0.6) is 0 Å².